The number of rotatable bonds is 5. The number of nitrogens with one attached hydrogen (secondary N) is 1. The lowest BCUT2D eigenvalue weighted by Crippen LogP contribution is -2.23. The average Bonchev–Trinajstić information content (AvgIpc) is 3.06. The highest BCUT2D eigenvalue weighted by molar-refractivity contribution is 6.30. The van der Waals surface area contributed by atoms with Gasteiger partial charge in [0.15, 0.2) is 0 Å². The van der Waals surface area contributed by atoms with E-state index in [1.54, 1.807) is 12.3 Å². The number of aryl methyl sites for hydroxylation is 2. The van der Waals surface area contributed by atoms with E-state index in [0.29, 0.717) is 24.4 Å². The summed E-state index contributed by atoms with van der Waals surface area (Å²) in [6, 6.07) is 3.63. The van der Waals surface area contributed by atoms with Gasteiger partial charge in [-0.15, -0.1) is 0 Å². The average molecular weight is 333 g/mol. The highest BCUT2D eigenvalue weighted by atomic mass is 35.5. The SMILES string of the molecule is Cc1noc(C)c1CCC(=O)NCc1cn2cc(Cl)ccc2n1. The summed E-state index contributed by atoms with van der Waals surface area (Å²) >= 11 is 5.94. The van der Waals surface area contributed by atoms with Crippen LogP contribution in [0.1, 0.15) is 29.1 Å². The van der Waals surface area contributed by atoms with Gasteiger partial charge in [-0.1, -0.05) is 16.8 Å². The van der Waals surface area contributed by atoms with Crippen molar-refractivity contribution in [1.82, 2.24) is 19.9 Å². The molecule has 0 atom stereocenters. The molecule has 0 aliphatic rings. The third-order valence-corrected chi connectivity index (χ3v) is 3.94. The van der Waals surface area contributed by atoms with Crippen molar-refractivity contribution in [2.45, 2.75) is 33.2 Å². The molecule has 0 saturated carbocycles. The van der Waals surface area contributed by atoms with Crippen LogP contribution in [0.3, 0.4) is 0 Å². The fourth-order valence-electron chi connectivity index (χ4n) is 2.48. The number of hydrogen-bond acceptors (Lipinski definition) is 4. The molecule has 0 aliphatic heterocycles. The van der Waals surface area contributed by atoms with Gasteiger partial charge in [-0.05, 0) is 32.4 Å². The molecule has 0 aliphatic carbocycles. The van der Waals surface area contributed by atoms with Gasteiger partial charge >= 0.3 is 0 Å². The quantitative estimate of drug-likeness (QED) is 0.779. The van der Waals surface area contributed by atoms with Crippen molar-refractivity contribution in [2.75, 3.05) is 0 Å². The second-order valence-corrected chi connectivity index (χ2v) is 5.86. The summed E-state index contributed by atoms with van der Waals surface area (Å²) < 4.78 is 6.94. The van der Waals surface area contributed by atoms with Crippen LogP contribution in [0.15, 0.2) is 29.0 Å². The molecule has 3 aromatic rings. The van der Waals surface area contributed by atoms with Crippen LogP contribution in [0, 0.1) is 13.8 Å². The molecule has 3 heterocycles. The predicted octanol–water partition coefficient (Wildman–Crippen LogP) is 2.84. The first kappa shape index (κ1) is 15.6. The first-order valence-corrected chi connectivity index (χ1v) is 7.72. The number of imidazole rings is 1. The molecule has 0 radical (unpaired) electrons. The Kier molecular flexibility index (Phi) is 4.34. The summed E-state index contributed by atoms with van der Waals surface area (Å²) in [6.45, 7) is 4.13. The van der Waals surface area contributed by atoms with Crippen molar-refractivity contribution in [1.29, 1.82) is 0 Å². The number of pyridine rings is 1. The van der Waals surface area contributed by atoms with Gasteiger partial charge in [-0.2, -0.15) is 0 Å². The number of carbonyl (C=O) groups excluding carboxylic acids is 1. The van der Waals surface area contributed by atoms with Gasteiger partial charge in [0, 0.05) is 24.4 Å². The molecule has 0 saturated heterocycles. The van der Waals surface area contributed by atoms with Gasteiger partial charge in [0.25, 0.3) is 0 Å². The summed E-state index contributed by atoms with van der Waals surface area (Å²) in [4.78, 5) is 16.4. The van der Waals surface area contributed by atoms with Gasteiger partial charge in [-0.25, -0.2) is 4.98 Å². The van der Waals surface area contributed by atoms with Crippen LogP contribution in [-0.2, 0) is 17.8 Å². The molecule has 6 nitrogen and oxygen atoms in total. The molecule has 0 bridgehead atoms. The van der Waals surface area contributed by atoms with Gasteiger partial charge in [0.05, 0.1) is 23.0 Å². The lowest BCUT2D eigenvalue weighted by Gasteiger charge is -2.03. The van der Waals surface area contributed by atoms with Gasteiger partial charge in [0.1, 0.15) is 11.4 Å². The highest BCUT2D eigenvalue weighted by Gasteiger charge is 2.11. The minimum atomic E-state index is -0.0277. The van der Waals surface area contributed by atoms with E-state index in [1.807, 2.05) is 30.5 Å². The Balaban J connectivity index is 1.55. The van der Waals surface area contributed by atoms with Gasteiger partial charge in [0.2, 0.25) is 5.91 Å². The second kappa shape index (κ2) is 6.42. The van der Waals surface area contributed by atoms with E-state index in [-0.39, 0.29) is 5.91 Å². The standard InChI is InChI=1S/C16H17ClN4O2/c1-10-14(11(2)23-20-10)4-6-16(22)18-7-13-9-21-8-12(17)3-5-15(21)19-13/h3,5,8-9H,4,6-7H2,1-2H3,(H,18,22). The fourth-order valence-corrected chi connectivity index (χ4v) is 2.65. The topological polar surface area (TPSA) is 72.4 Å². The van der Waals surface area contributed by atoms with Gasteiger partial charge in [-0.3, -0.25) is 4.79 Å². The number of fused-ring (bicyclic) bond motifs is 1. The smallest absolute Gasteiger partial charge is 0.220 e. The van der Waals surface area contributed by atoms with Gasteiger partial charge < -0.3 is 14.2 Å². The molecule has 120 valence electrons. The highest BCUT2D eigenvalue weighted by Crippen LogP contribution is 2.14. The van der Waals surface area contributed by atoms with Crippen molar-refractivity contribution in [2.24, 2.45) is 0 Å². The van der Waals surface area contributed by atoms with E-state index < -0.39 is 0 Å². The first-order valence-electron chi connectivity index (χ1n) is 7.34. The minimum Gasteiger partial charge on any atom is -0.361 e. The summed E-state index contributed by atoms with van der Waals surface area (Å²) in [5.74, 6) is 0.743. The summed E-state index contributed by atoms with van der Waals surface area (Å²) in [7, 11) is 0. The van der Waals surface area contributed by atoms with Crippen molar-refractivity contribution in [3.63, 3.8) is 0 Å². The Morgan fingerprint density at radius 3 is 2.91 bits per heavy atom. The third-order valence-electron chi connectivity index (χ3n) is 3.71. The Hall–Kier alpha value is -2.34. The fraction of sp³-hybridized carbons (Fsp3) is 0.312. The van der Waals surface area contributed by atoms with Crippen molar-refractivity contribution >= 4 is 23.2 Å². The number of carbonyl (C=O) groups is 1. The Morgan fingerprint density at radius 2 is 2.17 bits per heavy atom. The van der Waals surface area contributed by atoms with Crippen molar-refractivity contribution < 1.29 is 9.32 Å². The molecule has 0 unspecified atom stereocenters. The molecule has 3 aromatic heterocycles. The maximum atomic E-state index is 12.0. The number of hydrogen-bond donors (Lipinski definition) is 1. The van der Waals surface area contributed by atoms with Crippen LogP contribution in [0.25, 0.3) is 5.65 Å². The van der Waals surface area contributed by atoms with E-state index in [1.165, 1.54) is 0 Å². The van der Waals surface area contributed by atoms with E-state index in [9.17, 15) is 4.79 Å². The maximum absolute atomic E-state index is 12.0. The Labute approximate surface area is 138 Å². The number of amides is 1. The van der Waals surface area contributed by atoms with Crippen LogP contribution in [0.5, 0.6) is 0 Å². The maximum Gasteiger partial charge on any atom is 0.220 e. The van der Waals surface area contributed by atoms with Crippen molar-refractivity contribution in [3.8, 4) is 0 Å². The zero-order chi connectivity index (χ0) is 16.4. The van der Waals surface area contributed by atoms with Crippen LogP contribution >= 0.6 is 11.6 Å². The Bertz CT molecular complexity index is 834. The monoisotopic (exact) mass is 332 g/mol. The third kappa shape index (κ3) is 3.53. The lowest BCUT2D eigenvalue weighted by atomic mass is 10.1. The molecule has 3 rings (SSSR count). The normalized spacial score (nSPS) is 11.1. The molecule has 23 heavy (non-hydrogen) atoms. The number of aromatic nitrogens is 3. The van der Waals surface area contributed by atoms with Crippen molar-refractivity contribution in [3.05, 3.63) is 52.3 Å². The van der Waals surface area contributed by atoms with E-state index in [4.69, 9.17) is 16.1 Å². The second-order valence-electron chi connectivity index (χ2n) is 5.42. The largest absolute Gasteiger partial charge is 0.361 e. The van der Waals surface area contributed by atoms with E-state index in [2.05, 4.69) is 15.5 Å². The molecule has 7 heteroatoms. The number of nitrogens with zero attached hydrogens (tertiary/aromatic N) is 3. The van der Waals surface area contributed by atoms with E-state index >= 15 is 0 Å². The molecule has 1 N–H and O–H groups in total. The predicted molar refractivity (Wildman–Crippen MR) is 86.3 cm³/mol. The summed E-state index contributed by atoms with van der Waals surface area (Å²) in [5, 5.41) is 7.41. The zero-order valence-corrected chi connectivity index (χ0v) is 13.7. The summed E-state index contributed by atoms with van der Waals surface area (Å²) in [6.07, 6.45) is 4.65. The molecule has 1 amide bonds. The first-order chi connectivity index (χ1) is 11.0. The van der Waals surface area contributed by atoms with E-state index in [0.717, 1.165) is 28.4 Å². The van der Waals surface area contributed by atoms with Crippen LogP contribution in [0.4, 0.5) is 0 Å². The summed E-state index contributed by atoms with van der Waals surface area (Å²) in [5.41, 5.74) is 3.43. The zero-order valence-electron chi connectivity index (χ0n) is 13.0. The lowest BCUT2D eigenvalue weighted by molar-refractivity contribution is -0.121. The molecule has 0 spiro atoms. The van der Waals surface area contributed by atoms with Crippen LogP contribution in [0.2, 0.25) is 5.02 Å². The van der Waals surface area contributed by atoms with Crippen LogP contribution in [-0.4, -0.2) is 20.4 Å². The molecular weight excluding hydrogens is 316 g/mol. The molecule has 0 fully saturated rings. The number of halogens is 1. The Morgan fingerprint density at radius 1 is 1.35 bits per heavy atom. The minimum absolute atomic E-state index is 0.0277. The molecular formula is C16H17ClN4O2. The molecule has 0 aromatic carbocycles. The van der Waals surface area contributed by atoms with Crippen LogP contribution < -0.4 is 5.32 Å².